The summed E-state index contributed by atoms with van der Waals surface area (Å²) in [5.41, 5.74) is 0.589. The van der Waals surface area contributed by atoms with Gasteiger partial charge in [0.2, 0.25) is 0 Å². The minimum absolute atomic E-state index is 0.0846. The van der Waals surface area contributed by atoms with Crippen LogP contribution in [-0.2, 0) is 4.79 Å². The fourth-order valence-electron chi connectivity index (χ4n) is 1.71. The standard InChI is InChI=1S/C14H16ClN3O3/c1-9(2)18(6-5-13(19)20)14(21)17-12-7-11(15)4-3-10(12)8-16/h3-4,7,9H,5-6H2,1-2H3,(H,17,21)(H,19,20). The first kappa shape index (κ1) is 16.8. The van der Waals surface area contributed by atoms with E-state index in [2.05, 4.69) is 5.32 Å². The first-order chi connectivity index (χ1) is 9.85. The van der Waals surface area contributed by atoms with Crippen LogP contribution in [0.5, 0.6) is 0 Å². The van der Waals surface area contributed by atoms with E-state index < -0.39 is 12.0 Å². The lowest BCUT2D eigenvalue weighted by Gasteiger charge is -2.26. The van der Waals surface area contributed by atoms with Crippen molar-refractivity contribution in [3.63, 3.8) is 0 Å². The van der Waals surface area contributed by atoms with Crippen LogP contribution >= 0.6 is 11.6 Å². The van der Waals surface area contributed by atoms with Gasteiger partial charge >= 0.3 is 12.0 Å². The molecule has 0 unspecified atom stereocenters. The Morgan fingerprint density at radius 3 is 2.67 bits per heavy atom. The number of nitrogens with zero attached hydrogens (tertiary/aromatic N) is 2. The fraction of sp³-hybridized carbons (Fsp3) is 0.357. The van der Waals surface area contributed by atoms with Crippen LogP contribution in [0.3, 0.4) is 0 Å². The summed E-state index contributed by atoms with van der Waals surface area (Å²) in [5.74, 6) is -0.978. The van der Waals surface area contributed by atoms with Gasteiger partial charge in [-0.3, -0.25) is 4.79 Å². The maximum atomic E-state index is 12.2. The molecule has 21 heavy (non-hydrogen) atoms. The van der Waals surface area contributed by atoms with Gasteiger partial charge in [0, 0.05) is 17.6 Å². The summed E-state index contributed by atoms with van der Waals surface area (Å²) in [5, 5.41) is 20.7. The molecule has 0 aliphatic heterocycles. The van der Waals surface area contributed by atoms with Gasteiger partial charge in [0.15, 0.2) is 0 Å². The maximum Gasteiger partial charge on any atom is 0.322 e. The average molecular weight is 310 g/mol. The molecule has 0 heterocycles. The molecule has 0 fully saturated rings. The van der Waals surface area contributed by atoms with Crippen molar-refractivity contribution in [1.29, 1.82) is 5.26 Å². The van der Waals surface area contributed by atoms with Crippen molar-refractivity contribution < 1.29 is 14.7 Å². The number of urea groups is 1. The number of rotatable bonds is 5. The Kier molecular flexibility index (Phi) is 6.00. The van der Waals surface area contributed by atoms with Crippen LogP contribution in [0.15, 0.2) is 18.2 Å². The van der Waals surface area contributed by atoms with Crippen LogP contribution < -0.4 is 5.32 Å². The van der Waals surface area contributed by atoms with Crippen LogP contribution in [0.25, 0.3) is 0 Å². The number of carboxylic acids is 1. The second-order valence-electron chi connectivity index (χ2n) is 4.66. The van der Waals surface area contributed by atoms with E-state index >= 15 is 0 Å². The molecule has 0 aromatic heterocycles. The number of nitriles is 1. The van der Waals surface area contributed by atoms with Crippen molar-refractivity contribution in [2.45, 2.75) is 26.3 Å². The topological polar surface area (TPSA) is 93.4 Å². The third kappa shape index (κ3) is 4.97. The highest BCUT2D eigenvalue weighted by Crippen LogP contribution is 2.21. The lowest BCUT2D eigenvalue weighted by atomic mass is 10.2. The molecule has 1 aromatic rings. The van der Waals surface area contributed by atoms with E-state index in [0.717, 1.165) is 0 Å². The van der Waals surface area contributed by atoms with Crippen LogP contribution in [0.4, 0.5) is 10.5 Å². The van der Waals surface area contributed by atoms with Crippen LogP contribution in [0, 0.1) is 11.3 Å². The van der Waals surface area contributed by atoms with Gasteiger partial charge in [-0.1, -0.05) is 11.6 Å². The highest BCUT2D eigenvalue weighted by molar-refractivity contribution is 6.31. The molecule has 0 saturated heterocycles. The van der Waals surface area contributed by atoms with Crippen LogP contribution in [0.1, 0.15) is 25.8 Å². The van der Waals surface area contributed by atoms with E-state index in [4.69, 9.17) is 22.0 Å². The summed E-state index contributed by atoms with van der Waals surface area (Å²) in [6, 6.07) is 5.87. The Morgan fingerprint density at radius 1 is 1.48 bits per heavy atom. The number of benzene rings is 1. The molecule has 2 amide bonds. The average Bonchev–Trinajstić information content (AvgIpc) is 2.38. The van der Waals surface area contributed by atoms with Gasteiger partial charge in [-0.05, 0) is 32.0 Å². The second kappa shape index (κ2) is 7.50. The fourth-order valence-corrected chi connectivity index (χ4v) is 1.89. The van der Waals surface area contributed by atoms with Gasteiger partial charge in [-0.2, -0.15) is 5.26 Å². The summed E-state index contributed by atoms with van der Waals surface area (Å²) >= 11 is 5.85. The van der Waals surface area contributed by atoms with Gasteiger partial charge in [-0.15, -0.1) is 0 Å². The number of nitrogens with one attached hydrogen (secondary N) is 1. The summed E-state index contributed by atoms with van der Waals surface area (Å²) in [4.78, 5) is 24.2. The van der Waals surface area contributed by atoms with Gasteiger partial charge in [0.25, 0.3) is 0 Å². The lowest BCUT2D eigenvalue weighted by molar-refractivity contribution is -0.137. The molecule has 112 valence electrons. The Morgan fingerprint density at radius 2 is 2.14 bits per heavy atom. The first-order valence-corrected chi connectivity index (χ1v) is 6.72. The maximum absolute atomic E-state index is 12.2. The van der Waals surface area contributed by atoms with Gasteiger partial charge in [0.1, 0.15) is 6.07 Å². The van der Waals surface area contributed by atoms with Gasteiger partial charge < -0.3 is 15.3 Å². The molecule has 1 rings (SSSR count). The molecule has 0 aliphatic rings. The van der Waals surface area contributed by atoms with Crippen molar-refractivity contribution in [3.05, 3.63) is 28.8 Å². The molecule has 2 N–H and O–H groups in total. The molecule has 0 aliphatic carbocycles. The zero-order valence-electron chi connectivity index (χ0n) is 11.8. The molecular formula is C14H16ClN3O3. The Balaban J connectivity index is 2.89. The monoisotopic (exact) mass is 309 g/mol. The van der Waals surface area contributed by atoms with E-state index in [-0.39, 0.29) is 24.6 Å². The Hall–Kier alpha value is -2.26. The molecular weight excluding hydrogens is 294 g/mol. The molecule has 0 spiro atoms. The molecule has 0 saturated carbocycles. The summed E-state index contributed by atoms with van der Waals surface area (Å²) in [6.45, 7) is 3.65. The predicted molar refractivity (Wildman–Crippen MR) is 79.3 cm³/mol. The molecule has 6 nitrogen and oxygen atoms in total. The SMILES string of the molecule is CC(C)N(CCC(=O)O)C(=O)Nc1cc(Cl)ccc1C#N. The van der Waals surface area contributed by atoms with E-state index in [1.165, 1.54) is 17.0 Å². The van der Waals surface area contributed by atoms with E-state index in [0.29, 0.717) is 10.7 Å². The van der Waals surface area contributed by atoms with Crippen molar-refractivity contribution >= 4 is 29.3 Å². The van der Waals surface area contributed by atoms with Crippen molar-refractivity contribution in [3.8, 4) is 6.07 Å². The number of amides is 2. The summed E-state index contributed by atoms with van der Waals surface area (Å²) in [7, 11) is 0. The smallest absolute Gasteiger partial charge is 0.322 e. The number of carbonyl (C=O) groups excluding carboxylic acids is 1. The van der Waals surface area contributed by atoms with E-state index in [9.17, 15) is 9.59 Å². The van der Waals surface area contributed by atoms with E-state index in [1.54, 1.807) is 19.9 Å². The van der Waals surface area contributed by atoms with Crippen LogP contribution in [0.2, 0.25) is 5.02 Å². The summed E-state index contributed by atoms with van der Waals surface area (Å²) in [6.07, 6.45) is -0.147. The number of anilines is 1. The van der Waals surface area contributed by atoms with E-state index in [1.807, 2.05) is 6.07 Å². The molecule has 0 radical (unpaired) electrons. The third-order valence-corrected chi connectivity index (χ3v) is 3.03. The van der Waals surface area contributed by atoms with Crippen molar-refractivity contribution in [1.82, 2.24) is 4.90 Å². The lowest BCUT2D eigenvalue weighted by Crippen LogP contribution is -2.41. The first-order valence-electron chi connectivity index (χ1n) is 6.34. The molecule has 7 heteroatoms. The molecule has 1 aromatic carbocycles. The minimum Gasteiger partial charge on any atom is -0.481 e. The number of hydrogen-bond acceptors (Lipinski definition) is 3. The number of halogens is 1. The number of carbonyl (C=O) groups is 2. The predicted octanol–water partition coefficient (Wildman–Crippen LogP) is 2.93. The number of aliphatic carboxylic acids is 1. The number of carboxylic acid groups (broad SMARTS) is 1. The van der Waals surface area contributed by atoms with Crippen molar-refractivity contribution in [2.24, 2.45) is 0 Å². The quantitative estimate of drug-likeness (QED) is 0.874. The van der Waals surface area contributed by atoms with Gasteiger partial charge in [0.05, 0.1) is 17.7 Å². The zero-order chi connectivity index (χ0) is 16.0. The third-order valence-electron chi connectivity index (χ3n) is 2.79. The zero-order valence-corrected chi connectivity index (χ0v) is 12.5. The minimum atomic E-state index is -0.978. The Labute approximate surface area is 127 Å². The van der Waals surface area contributed by atoms with Crippen molar-refractivity contribution in [2.75, 3.05) is 11.9 Å². The molecule has 0 atom stereocenters. The summed E-state index contributed by atoms with van der Waals surface area (Å²) < 4.78 is 0. The molecule has 0 bridgehead atoms. The van der Waals surface area contributed by atoms with Gasteiger partial charge in [-0.25, -0.2) is 4.79 Å². The van der Waals surface area contributed by atoms with Crippen LogP contribution in [-0.4, -0.2) is 34.6 Å². The highest BCUT2D eigenvalue weighted by Gasteiger charge is 2.19. The normalized spacial score (nSPS) is 10.0. The highest BCUT2D eigenvalue weighted by atomic mass is 35.5. The second-order valence-corrected chi connectivity index (χ2v) is 5.10. The number of hydrogen-bond donors (Lipinski definition) is 2. The Bertz CT molecular complexity index is 581. The largest absolute Gasteiger partial charge is 0.481 e.